The van der Waals surface area contributed by atoms with Gasteiger partial charge in [-0.1, -0.05) is 25.4 Å². The van der Waals surface area contributed by atoms with E-state index in [1.165, 1.54) is 0 Å². The third-order valence-corrected chi connectivity index (χ3v) is 3.58. The van der Waals surface area contributed by atoms with Crippen molar-refractivity contribution in [3.8, 4) is 11.5 Å². The molecule has 0 unspecified atom stereocenters. The fourth-order valence-corrected chi connectivity index (χ4v) is 2.81. The molecule has 5 heteroatoms. The van der Waals surface area contributed by atoms with E-state index in [0.29, 0.717) is 16.9 Å². The Kier molecular flexibility index (Phi) is 3.45. The molecule has 0 amide bonds. The van der Waals surface area contributed by atoms with Gasteiger partial charge in [0.1, 0.15) is 10.8 Å². The van der Waals surface area contributed by atoms with Crippen molar-refractivity contribution in [2.75, 3.05) is 0 Å². The van der Waals surface area contributed by atoms with Crippen LogP contribution in [0.3, 0.4) is 0 Å². The smallest absolute Gasteiger partial charge is 0.180 e. The van der Waals surface area contributed by atoms with Crippen LogP contribution in [0.15, 0.2) is 5.38 Å². The molecule has 3 nitrogen and oxygen atoms in total. The Bertz CT molecular complexity index is 525. The first-order chi connectivity index (χ1) is 7.99. The third-order valence-electron chi connectivity index (χ3n) is 2.52. The SMILES string of the molecule is Cc1nc(-c2nc(C)c(C(C)C)c(Cl)n2)cs1. The van der Waals surface area contributed by atoms with Crippen LogP contribution in [0.25, 0.3) is 11.5 Å². The van der Waals surface area contributed by atoms with Gasteiger partial charge < -0.3 is 0 Å². The van der Waals surface area contributed by atoms with E-state index in [4.69, 9.17) is 11.6 Å². The van der Waals surface area contributed by atoms with Crippen LogP contribution in [0.5, 0.6) is 0 Å². The maximum absolute atomic E-state index is 6.21. The summed E-state index contributed by atoms with van der Waals surface area (Å²) in [5.74, 6) is 0.940. The van der Waals surface area contributed by atoms with Crippen LogP contribution in [-0.4, -0.2) is 15.0 Å². The lowest BCUT2D eigenvalue weighted by atomic mass is 10.0. The fraction of sp³-hybridized carbons (Fsp3) is 0.417. The molecule has 0 aliphatic carbocycles. The highest BCUT2D eigenvalue weighted by Gasteiger charge is 2.15. The lowest BCUT2D eigenvalue weighted by molar-refractivity contribution is 0.830. The van der Waals surface area contributed by atoms with Gasteiger partial charge in [0.2, 0.25) is 0 Å². The first-order valence-corrected chi connectivity index (χ1v) is 6.71. The van der Waals surface area contributed by atoms with Crippen LogP contribution in [0.4, 0.5) is 0 Å². The topological polar surface area (TPSA) is 38.7 Å². The van der Waals surface area contributed by atoms with Crippen molar-refractivity contribution in [3.63, 3.8) is 0 Å². The van der Waals surface area contributed by atoms with Crippen molar-refractivity contribution < 1.29 is 0 Å². The van der Waals surface area contributed by atoms with E-state index in [9.17, 15) is 0 Å². The maximum Gasteiger partial charge on any atom is 0.180 e. The van der Waals surface area contributed by atoms with E-state index in [1.807, 2.05) is 19.2 Å². The lowest BCUT2D eigenvalue weighted by Gasteiger charge is -2.11. The van der Waals surface area contributed by atoms with Crippen molar-refractivity contribution in [3.05, 3.63) is 26.8 Å². The second kappa shape index (κ2) is 4.70. The average molecular weight is 268 g/mol. The van der Waals surface area contributed by atoms with Gasteiger partial charge in [0.15, 0.2) is 5.82 Å². The molecule has 2 aromatic rings. The molecule has 0 aliphatic heterocycles. The van der Waals surface area contributed by atoms with Gasteiger partial charge in [-0.2, -0.15) is 0 Å². The van der Waals surface area contributed by atoms with Crippen molar-refractivity contribution in [2.24, 2.45) is 0 Å². The highest BCUT2D eigenvalue weighted by Crippen LogP contribution is 2.28. The summed E-state index contributed by atoms with van der Waals surface area (Å²) in [6.07, 6.45) is 0. The summed E-state index contributed by atoms with van der Waals surface area (Å²) in [5.41, 5.74) is 2.75. The number of hydrogen-bond donors (Lipinski definition) is 0. The number of aromatic nitrogens is 3. The molecule has 17 heavy (non-hydrogen) atoms. The molecule has 0 fully saturated rings. The molecule has 0 aromatic carbocycles. The quantitative estimate of drug-likeness (QED) is 0.772. The summed E-state index contributed by atoms with van der Waals surface area (Å²) in [6.45, 7) is 8.10. The monoisotopic (exact) mass is 267 g/mol. The van der Waals surface area contributed by atoms with Crippen LogP contribution >= 0.6 is 22.9 Å². The van der Waals surface area contributed by atoms with Crippen molar-refractivity contribution in [1.29, 1.82) is 0 Å². The summed E-state index contributed by atoms with van der Waals surface area (Å²) in [6, 6.07) is 0. The Morgan fingerprint density at radius 1 is 1.18 bits per heavy atom. The molecule has 2 heterocycles. The zero-order chi connectivity index (χ0) is 12.6. The first-order valence-electron chi connectivity index (χ1n) is 5.45. The Morgan fingerprint density at radius 2 is 1.88 bits per heavy atom. The molecule has 0 bridgehead atoms. The van der Waals surface area contributed by atoms with Crippen LogP contribution < -0.4 is 0 Å². The highest BCUT2D eigenvalue weighted by molar-refractivity contribution is 7.09. The van der Waals surface area contributed by atoms with E-state index >= 15 is 0 Å². The van der Waals surface area contributed by atoms with Crippen LogP contribution in [0.2, 0.25) is 5.15 Å². The second-order valence-corrected chi connectivity index (χ2v) is 5.66. The maximum atomic E-state index is 6.21. The molecule has 0 saturated heterocycles. The van der Waals surface area contributed by atoms with E-state index in [1.54, 1.807) is 11.3 Å². The normalized spacial score (nSPS) is 11.2. The molecular formula is C12H14ClN3S. The lowest BCUT2D eigenvalue weighted by Crippen LogP contribution is -2.02. The van der Waals surface area contributed by atoms with E-state index < -0.39 is 0 Å². The summed E-state index contributed by atoms with van der Waals surface area (Å²) in [7, 11) is 0. The van der Waals surface area contributed by atoms with E-state index in [0.717, 1.165) is 22.0 Å². The molecule has 0 spiro atoms. The molecule has 90 valence electrons. The zero-order valence-electron chi connectivity index (χ0n) is 10.3. The third kappa shape index (κ3) is 2.48. The van der Waals surface area contributed by atoms with E-state index in [2.05, 4.69) is 28.8 Å². The second-order valence-electron chi connectivity index (χ2n) is 4.24. The molecule has 0 N–H and O–H groups in total. The average Bonchev–Trinajstić information content (AvgIpc) is 2.63. The molecule has 0 atom stereocenters. The molecule has 2 aromatic heterocycles. The van der Waals surface area contributed by atoms with Gasteiger partial charge in [-0.25, -0.2) is 15.0 Å². The van der Waals surface area contributed by atoms with Gasteiger partial charge in [0.25, 0.3) is 0 Å². The van der Waals surface area contributed by atoms with Crippen LogP contribution in [0, 0.1) is 13.8 Å². The predicted octanol–water partition coefficient (Wildman–Crippen LogP) is 3.99. The van der Waals surface area contributed by atoms with Crippen LogP contribution in [0.1, 0.15) is 36.0 Å². The number of hydrogen-bond acceptors (Lipinski definition) is 4. The summed E-state index contributed by atoms with van der Waals surface area (Å²) < 4.78 is 0. The predicted molar refractivity (Wildman–Crippen MR) is 71.7 cm³/mol. The zero-order valence-corrected chi connectivity index (χ0v) is 11.9. The number of nitrogens with zero attached hydrogens (tertiary/aromatic N) is 3. The van der Waals surface area contributed by atoms with Crippen molar-refractivity contribution in [2.45, 2.75) is 33.6 Å². The number of thiazole rings is 1. The molecule has 0 aliphatic rings. The standard InChI is InChI=1S/C12H14ClN3S/c1-6(2)10-7(3)14-12(16-11(10)13)9-5-17-8(4)15-9/h5-6H,1-4H3. The molecule has 0 saturated carbocycles. The van der Waals surface area contributed by atoms with E-state index in [-0.39, 0.29) is 0 Å². The van der Waals surface area contributed by atoms with Crippen LogP contribution in [-0.2, 0) is 0 Å². The van der Waals surface area contributed by atoms with Gasteiger partial charge in [-0.15, -0.1) is 11.3 Å². The van der Waals surface area contributed by atoms with Gasteiger partial charge in [0, 0.05) is 16.6 Å². The largest absolute Gasteiger partial charge is 0.238 e. The van der Waals surface area contributed by atoms with Crippen molar-refractivity contribution >= 4 is 22.9 Å². The minimum absolute atomic E-state index is 0.328. The van der Waals surface area contributed by atoms with Gasteiger partial charge in [-0.3, -0.25) is 0 Å². The minimum Gasteiger partial charge on any atom is -0.238 e. The Hall–Kier alpha value is -1.00. The van der Waals surface area contributed by atoms with Crippen molar-refractivity contribution in [1.82, 2.24) is 15.0 Å². The van der Waals surface area contributed by atoms with Gasteiger partial charge in [0.05, 0.1) is 5.01 Å². The first kappa shape index (κ1) is 12.5. The van der Waals surface area contributed by atoms with Gasteiger partial charge in [-0.05, 0) is 19.8 Å². The summed E-state index contributed by atoms with van der Waals surface area (Å²) >= 11 is 7.80. The Labute approximate surface area is 110 Å². The highest BCUT2D eigenvalue weighted by atomic mass is 35.5. The Morgan fingerprint density at radius 3 is 2.35 bits per heavy atom. The number of aryl methyl sites for hydroxylation is 2. The molecular weight excluding hydrogens is 254 g/mol. The summed E-state index contributed by atoms with van der Waals surface area (Å²) in [5, 5.41) is 3.49. The number of halogens is 1. The summed E-state index contributed by atoms with van der Waals surface area (Å²) in [4.78, 5) is 13.2. The minimum atomic E-state index is 0.328. The molecule has 2 rings (SSSR count). The Balaban J connectivity index is 2.52. The van der Waals surface area contributed by atoms with Gasteiger partial charge >= 0.3 is 0 Å². The number of rotatable bonds is 2. The fourth-order valence-electron chi connectivity index (χ4n) is 1.78. The molecule has 0 radical (unpaired) electrons.